The van der Waals surface area contributed by atoms with Crippen LogP contribution in [0.5, 0.6) is 5.75 Å². The molecule has 45 heavy (non-hydrogen) atoms. The lowest BCUT2D eigenvalue weighted by molar-refractivity contribution is 0.0139. The van der Waals surface area contributed by atoms with Crippen molar-refractivity contribution in [3.05, 3.63) is 88.0 Å². The maximum Gasteiger partial charge on any atom is 0.415 e. The summed E-state index contributed by atoms with van der Waals surface area (Å²) in [5, 5.41) is 0. The molecule has 10 heteroatoms. The Morgan fingerprint density at radius 3 is 2.07 bits per heavy atom. The summed E-state index contributed by atoms with van der Waals surface area (Å²) < 4.78 is 23.0. The van der Waals surface area contributed by atoms with E-state index in [9.17, 15) is 14.4 Å². The number of amides is 1. The molecule has 0 radical (unpaired) electrons. The molecule has 0 saturated carbocycles. The number of carbonyl (C=O) groups excluding carboxylic acids is 3. The number of hydrogen-bond acceptors (Lipinski definition) is 9. The Bertz CT molecular complexity index is 1650. The van der Waals surface area contributed by atoms with Crippen LogP contribution in [-0.2, 0) is 40.4 Å². The van der Waals surface area contributed by atoms with Gasteiger partial charge in [-0.05, 0) is 81.1 Å². The number of ether oxygens (including phenoxy) is 4. The molecule has 3 heterocycles. The lowest BCUT2D eigenvalue weighted by Gasteiger charge is -2.39. The first-order chi connectivity index (χ1) is 21.6. The Morgan fingerprint density at radius 2 is 1.44 bits per heavy atom. The monoisotopic (exact) mass is 613 g/mol. The van der Waals surface area contributed by atoms with Crippen molar-refractivity contribution in [3.63, 3.8) is 0 Å². The highest BCUT2D eigenvalue weighted by molar-refractivity contribution is 5.93. The van der Waals surface area contributed by atoms with Crippen molar-refractivity contribution in [2.24, 2.45) is 0 Å². The molecule has 0 fully saturated rings. The summed E-state index contributed by atoms with van der Waals surface area (Å²) in [6, 6.07) is 17.2. The van der Waals surface area contributed by atoms with Crippen LogP contribution in [0.1, 0.15) is 77.6 Å². The van der Waals surface area contributed by atoms with Gasteiger partial charge in [0.2, 0.25) is 0 Å². The quantitative estimate of drug-likeness (QED) is 0.244. The van der Waals surface area contributed by atoms with Gasteiger partial charge in [0, 0.05) is 37.9 Å². The predicted molar refractivity (Wildman–Crippen MR) is 168 cm³/mol. The molecule has 3 aliphatic heterocycles. The van der Waals surface area contributed by atoms with E-state index in [1.807, 2.05) is 63.2 Å². The maximum absolute atomic E-state index is 13.5. The zero-order valence-electron chi connectivity index (χ0n) is 26.4. The highest BCUT2D eigenvalue weighted by atomic mass is 16.6. The average molecular weight is 614 g/mol. The third-order valence-electron chi connectivity index (χ3n) is 8.20. The maximum atomic E-state index is 13.5. The van der Waals surface area contributed by atoms with Crippen molar-refractivity contribution >= 4 is 29.4 Å². The molecular formula is C35H39N3O7. The molecule has 3 aliphatic rings. The number of nitrogens with zero attached hydrogens (tertiary/aromatic N) is 3. The Labute approximate surface area is 263 Å². The van der Waals surface area contributed by atoms with Crippen LogP contribution in [0.4, 0.5) is 16.2 Å². The Kier molecular flexibility index (Phi) is 8.18. The van der Waals surface area contributed by atoms with E-state index in [1.54, 1.807) is 30.9 Å². The lowest BCUT2D eigenvalue weighted by Crippen LogP contribution is -2.51. The number of fused-ring (bicyclic) bond motifs is 3. The molecule has 0 aliphatic carbocycles. The minimum atomic E-state index is -0.679. The van der Waals surface area contributed by atoms with Gasteiger partial charge < -0.3 is 23.8 Å². The largest absolute Gasteiger partial charge is 0.471 e. The Balaban J connectivity index is 1.29. The van der Waals surface area contributed by atoms with Gasteiger partial charge in [-0.2, -0.15) is 0 Å². The van der Waals surface area contributed by atoms with Crippen molar-refractivity contribution < 1.29 is 33.3 Å². The zero-order chi connectivity index (χ0) is 31.9. The Hall–Kier alpha value is -4.57. The standard InChI is InChI=1S/C35H39N3O7/c1-6-42-32(39)25-12-8-10-22-17-36(19-27(22)25)24-14-15-29-30(16-24)44-31(21-38(29)34(41)45-35(3,4)5)37-18-23-11-9-13-26(28(23)20-37)33(40)43-7-2/h8-16,31H,6-7,17-21H2,1-5H3. The molecule has 0 spiro atoms. The summed E-state index contributed by atoms with van der Waals surface area (Å²) >= 11 is 0. The van der Waals surface area contributed by atoms with Crippen LogP contribution in [0.2, 0.25) is 0 Å². The first-order valence-electron chi connectivity index (χ1n) is 15.4. The van der Waals surface area contributed by atoms with Gasteiger partial charge in [0.15, 0.2) is 6.23 Å². The van der Waals surface area contributed by atoms with Crippen LogP contribution in [0, 0.1) is 0 Å². The number of rotatable bonds is 6. The third kappa shape index (κ3) is 6.07. The second-order valence-corrected chi connectivity index (χ2v) is 12.4. The predicted octanol–water partition coefficient (Wildman–Crippen LogP) is 6.04. The van der Waals surface area contributed by atoms with Crippen LogP contribution in [0.15, 0.2) is 54.6 Å². The zero-order valence-corrected chi connectivity index (χ0v) is 26.4. The van der Waals surface area contributed by atoms with Crippen molar-refractivity contribution in [2.45, 2.75) is 72.6 Å². The van der Waals surface area contributed by atoms with Gasteiger partial charge in [-0.15, -0.1) is 0 Å². The summed E-state index contributed by atoms with van der Waals surface area (Å²) in [6.45, 7) is 12.2. The van der Waals surface area contributed by atoms with E-state index in [0.29, 0.717) is 62.0 Å². The Morgan fingerprint density at radius 1 is 0.822 bits per heavy atom. The van der Waals surface area contributed by atoms with Gasteiger partial charge in [0.1, 0.15) is 11.4 Å². The fourth-order valence-corrected chi connectivity index (χ4v) is 6.19. The van der Waals surface area contributed by atoms with Crippen LogP contribution in [0.25, 0.3) is 0 Å². The van der Waals surface area contributed by atoms with Gasteiger partial charge in [0.05, 0.1) is 36.6 Å². The van der Waals surface area contributed by atoms with Gasteiger partial charge in [-0.3, -0.25) is 9.80 Å². The molecule has 0 N–H and O–H groups in total. The van der Waals surface area contributed by atoms with Gasteiger partial charge in [-0.25, -0.2) is 14.4 Å². The minimum absolute atomic E-state index is 0.252. The van der Waals surface area contributed by atoms with Gasteiger partial charge in [-0.1, -0.05) is 24.3 Å². The van der Waals surface area contributed by atoms with Gasteiger partial charge >= 0.3 is 18.0 Å². The van der Waals surface area contributed by atoms with Crippen molar-refractivity contribution in [1.82, 2.24) is 4.90 Å². The van der Waals surface area contributed by atoms with E-state index < -0.39 is 17.9 Å². The minimum Gasteiger partial charge on any atom is -0.471 e. The lowest BCUT2D eigenvalue weighted by atomic mass is 10.0. The summed E-state index contributed by atoms with van der Waals surface area (Å²) in [6.07, 6.45) is -0.949. The molecule has 1 unspecified atom stereocenters. The van der Waals surface area contributed by atoms with E-state index >= 15 is 0 Å². The molecule has 1 amide bonds. The molecule has 10 nitrogen and oxygen atoms in total. The SMILES string of the molecule is CCOC(=O)c1cccc2c1CN(c1ccc3c(c1)OC(N1Cc4cccc(C(=O)OCC)c4C1)CN3C(=O)OC(C)(C)C)C2. The van der Waals surface area contributed by atoms with Crippen LogP contribution in [-0.4, -0.2) is 54.5 Å². The van der Waals surface area contributed by atoms with E-state index in [4.69, 9.17) is 18.9 Å². The van der Waals surface area contributed by atoms with E-state index in [1.165, 1.54) is 0 Å². The molecule has 236 valence electrons. The summed E-state index contributed by atoms with van der Waals surface area (Å²) in [4.78, 5) is 44.8. The van der Waals surface area contributed by atoms with Crippen molar-refractivity contribution in [1.29, 1.82) is 0 Å². The van der Waals surface area contributed by atoms with Crippen molar-refractivity contribution in [3.8, 4) is 5.75 Å². The fraction of sp³-hybridized carbons (Fsp3) is 0.400. The first-order valence-corrected chi connectivity index (χ1v) is 15.4. The van der Waals surface area contributed by atoms with E-state index in [-0.39, 0.29) is 18.5 Å². The molecule has 0 aromatic heterocycles. The third-order valence-corrected chi connectivity index (χ3v) is 8.20. The number of benzene rings is 3. The van der Waals surface area contributed by atoms with Crippen LogP contribution < -0.4 is 14.5 Å². The molecular weight excluding hydrogens is 574 g/mol. The highest BCUT2D eigenvalue weighted by Gasteiger charge is 2.39. The average Bonchev–Trinajstić information content (AvgIpc) is 3.64. The molecule has 3 aromatic rings. The fourth-order valence-electron chi connectivity index (χ4n) is 6.19. The topological polar surface area (TPSA) is 97.9 Å². The highest BCUT2D eigenvalue weighted by Crippen LogP contribution is 2.41. The second kappa shape index (κ2) is 12.1. The van der Waals surface area contributed by atoms with E-state index in [0.717, 1.165) is 27.9 Å². The van der Waals surface area contributed by atoms with Gasteiger partial charge in [0.25, 0.3) is 0 Å². The smallest absolute Gasteiger partial charge is 0.415 e. The molecule has 6 rings (SSSR count). The number of anilines is 2. The second-order valence-electron chi connectivity index (χ2n) is 12.4. The van der Waals surface area contributed by atoms with Crippen LogP contribution in [0.3, 0.4) is 0 Å². The first kappa shape index (κ1) is 30.5. The molecule has 0 bridgehead atoms. The van der Waals surface area contributed by atoms with E-state index in [2.05, 4.69) is 9.80 Å². The summed E-state index contributed by atoms with van der Waals surface area (Å²) in [5.74, 6) is -0.111. The van der Waals surface area contributed by atoms with Crippen molar-refractivity contribution in [2.75, 3.05) is 29.6 Å². The number of carbonyl (C=O) groups is 3. The number of hydrogen-bond donors (Lipinski definition) is 0. The van der Waals surface area contributed by atoms with Crippen LogP contribution >= 0.6 is 0 Å². The number of esters is 2. The molecule has 1 atom stereocenters. The molecule has 3 aromatic carbocycles. The summed E-state index contributed by atoms with van der Waals surface area (Å²) in [5.41, 5.74) is 5.94. The summed E-state index contributed by atoms with van der Waals surface area (Å²) in [7, 11) is 0. The molecule has 0 saturated heterocycles. The normalized spacial score (nSPS) is 17.2.